The van der Waals surface area contributed by atoms with Crippen molar-refractivity contribution in [3.63, 3.8) is 0 Å². The molecule has 1 saturated heterocycles. The van der Waals surface area contributed by atoms with Gasteiger partial charge in [-0.2, -0.15) is 0 Å². The number of aliphatic carboxylic acids is 1. The van der Waals surface area contributed by atoms with Crippen LogP contribution in [0, 0.1) is 27.7 Å². The van der Waals surface area contributed by atoms with Crippen molar-refractivity contribution >= 4 is 52.6 Å². The van der Waals surface area contributed by atoms with Gasteiger partial charge in [0.05, 0.1) is 18.5 Å². The number of carboxylic acids is 1. The van der Waals surface area contributed by atoms with Crippen molar-refractivity contribution in [2.24, 2.45) is 0 Å². The zero-order valence-corrected chi connectivity index (χ0v) is 23.1. The van der Waals surface area contributed by atoms with Crippen LogP contribution in [0.4, 0.5) is 11.4 Å². The Morgan fingerprint density at radius 2 is 1.36 bits per heavy atom. The van der Waals surface area contributed by atoms with E-state index in [2.05, 4.69) is 0 Å². The van der Waals surface area contributed by atoms with Crippen LogP contribution in [-0.4, -0.2) is 41.7 Å². The van der Waals surface area contributed by atoms with Crippen molar-refractivity contribution in [1.29, 1.82) is 0 Å². The number of carboxylic acid groups (broad SMARTS) is 1. The molecule has 0 bridgehead atoms. The molecule has 1 aliphatic rings. The van der Waals surface area contributed by atoms with Crippen LogP contribution < -0.4 is 19.3 Å². The Morgan fingerprint density at radius 1 is 0.821 bits per heavy atom. The van der Waals surface area contributed by atoms with E-state index >= 15 is 0 Å². The zero-order valence-electron chi connectivity index (χ0n) is 22.3. The number of thiocarbonyl (C=S) groups is 1. The van der Waals surface area contributed by atoms with E-state index in [0.717, 1.165) is 22.3 Å². The van der Waals surface area contributed by atoms with Gasteiger partial charge in [-0.15, -0.1) is 0 Å². The lowest BCUT2D eigenvalue weighted by Gasteiger charge is -2.37. The Labute approximate surface area is 232 Å². The molecule has 0 aliphatic carbocycles. The van der Waals surface area contributed by atoms with Gasteiger partial charge in [0.15, 0.2) is 23.2 Å². The fraction of sp³-hybridized carbons (Fsp3) is 0.200. The van der Waals surface area contributed by atoms with Crippen molar-refractivity contribution in [2.75, 3.05) is 23.5 Å². The summed E-state index contributed by atoms with van der Waals surface area (Å²) in [5, 5.41) is 8.98. The van der Waals surface area contributed by atoms with Crippen LogP contribution in [0.15, 0.2) is 60.2 Å². The Morgan fingerprint density at radius 3 is 1.82 bits per heavy atom. The molecule has 200 valence electrons. The fourth-order valence-electron chi connectivity index (χ4n) is 4.11. The second kappa shape index (κ2) is 11.1. The number of carbonyl (C=O) groups excluding carboxylic acids is 2. The third-order valence-corrected chi connectivity index (χ3v) is 6.96. The first-order valence-electron chi connectivity index (χ1n) is 12.1. The standard InChI is InChI=1S/C30H28N2O6S/c1-17-6-9-22(12-19(17)3)31-28(35)24(14-21-8-11-25(26(15-21)37-5)38-16-27(33)34)29(36)32(30(31)39)23-10-7-18(2)20(4)13-23/h6-15H,16H2,1-5H3,(H,33,34). The summed E-state index contributed by atoms with van der Waals surface area (Å²) in [5.41, 5.74) is 5.56. The maximum atomic E-state index is 13.8. The Bertz CT molecular complexity index is 1470. The molecule has 9 heteroatoms. The highest BCUT2D eigenvalue weighted by Gasteiger charge is 2.41. The van der Waals surface area contributed by atoms with Crippen LogP contribution in [0.25, 0.3) is 6.08 Å². The van der Waals surface area contributed by atoms with Gasteiger partial charge in [-0.1, -0.05) is 18.2 Å². The number of nitrogens with zero attached hydrogens (tertiary/aromatic N) is 2. The van der Waals surface area contributed by atoms with E-state index in [1.807, 2.05) is 52.0 Å². The summed E-state index contributed by atoms with van der Waals surface area (Å²) in [6.07, 6.45) is 1.47. The highest BCUT2D eigenvalue weighted by Crippen LogP contribution is 2.33. The van der Waals surface area contributed by atoms with Crippen LogP contribution in [0.3, 0.4) is 0 Å². The Balaban J connectivity index is 1.84. The molecule has 3 aromatic rings. The van der Waals surface area contributed by atoms with E-state index in [4.69, 9.17) is 26.8 Å². The predicted molar refractivity (Wildman–Crippen MR) is 154 cm³/mol. The monoisotopic (exact) mass is 544 g/mol. The van der Waals surface area contributed by atoms with E-state index in [9.17, 15) is 14.4 Å². The van der Waals surface area contributed by atoms with Crippen LogP contribution in [0.2, 0.25) is 0 Å². The SMILES string of the molecule is COc1cc(C=C2C(=O)N(c3ccc(C)c(C)c3)C(=S)N(c3ccc(C)c(C)c3)C2=O)ccc1OCC(=O)O. The minimum Gasteiger partial charge on any atom is -0.493 e. The summed E-state index contributed by atoms with van der Waals surface area (Å²) < 4.78 is 10.6. The lowest BCUT2D eigenvalue weighted by Crippen LogP contribution is -2.57. The van der Waals surface area contributed by atoms with Gasteiger partial charge < -0.3 is 14.6 Å². The summed E-state index contributed by atoms with van der Waals surface area (Å²) in [6, 6.07) is 15.8. The van der Waals surface area contributed by atoms with Crippen LogP contribution in [-0.2, 0) is 14.4 Å². The first-order valence-corrected chi connectivity index (χ1v) is 12.5. The van der Waals surface area contributed by atoms with Gasteiger partial charge >= 0.3 is 5.97 Å². The molecule has 0 radical (unpaired) electrons. The van der Waals surface area contributed by atoms with Crippen LogP contribution in [0.1, 0.15) is 27.8 Å². The molecule has 1 N–H and O–H groups in total. The first kappa shape index (κ1) is 27.5. The van der Waals surface area contributed by atoms with Crippen molar-refractivity contribution in [2.45, 2.75) is 27.7 Å². The second-order valence-electron chi connectivity index (χ2n) is 9.25. The van der Waals surface area contributed by atoms with E-state index in [1.54, 1.807) is 24.3 Å². The number of aryl methyl sites for hydroxylation is 4. The molecule has 1 fully saturated rings. The number of anilines is 2. The molecule has 0 atom stereocenters. The molecule has 1 aliphatic heterocycles. The Hall–Kier alpha value is -4.50. The van der Waals surface area contributed by atoms with Crippen molar-refractivity contribution in [1.82, 2.24) is 0 Å². The van der Waals surface area contributed by atoms with Crippen molar-refractivity contribution in [3.8, 4) is 11.5 Å². The molecule has 39 heavy (non-hydrogen) atoms. The fourth-order valence-corrected chi connectivity index (χ4v) is 4.49. The lowest BCUT2D eigenvalue weighted by atomic mass is 10.0. The molecule has 1 heterocycles. The first-order chi connectivity index (χ1) is 18.5. The third-order valence-electron chi connectivity index (χ3n) is 6.60. The van der Waals surface area contributed by atoms with E-state index in [-0.39, 0.29) is 22.2 Å². The number of ether oxygens (including phenoxy) is 2. The van der Waals surface area contributed by atoms with Gasteiger partial charge in [0.1, 0.15) is 5.57 Å². The number of benzene rings is 3. The summed E-state index contributed by atoms with van der Waals surface area (Å²) in [6.45, 7) is 7.30. The molecular formula is C30H28N2O6S. The summed E-state index contributed by atoms with van der Waals surface area (Å²) in [7, 11) is 1.41. The molecule has 0 spiro atoms. The molecular weight excluding hydrogens is 516 g/mol. The molecule has 0 saturated carbocycles. The van der Waals surface area contributed by atoms with E-state index in [0.29, 0.717) is 16.9 Å². The predicted octanol–water partition coefficient (Wildman–Crippen LogP) is 5.14. The van der Waals surface area contributed by atoms with Crippen molar-refractivity contribution in [3.05, 3.63) is 88.0 Å². The maximum absolute atomic E-state index is 13.8. The smallest absolute Gasteiger partial charge is 0.341 e. The highest BCUT2D eigenvalue weighted by molar-refractivity contribution is 7.81. The van der Waals surface area contributed by atoms with Gasteiger partial charge in [0.25, 0.3) is 11.8 Å². The number of rotatable bonds is 7. The second-order valence-corrected chi connectivity index (χ2v) is 9.62. The van der Waals surface area contributed by atoms with Crippen LogP contribution >= 0.6 is 12.2 Å². The van der Waals surface area contributed by atoms with E-state index in [1.165, 1.54) is 29.1 Å². The molecule has 4 rings (SSSR count). The lowest BCUT2D eigenvalue weighted by molar-refractivity contribution is -0.139. The normalized spacial score (nSPS) is 13.6. The number of hydrogen-bond donors (Lipinski definition) is 1. The summed E-state index contributed by atoms with van der Waals surface area (Å²) in [4.78, 5) is 41.3. The average molecular weight is 545 g/mol. The minimum absolute atomic E-state index is 0.0589. The van der Waals surface area contributed by atoms with Gasteiger partial charge in [0, 0.05) is 0 Å². The third kappa shape index (κ3) is 5.53. The molecule has 3 aromatic carbocycles. The number of methoxy groups -OCH3 is 1. The van der Waals surface area contributed by atoms with Gasteiger partial charge in [-0.05, 0) is 110 Å². The molecule has 2 amide bonds. The number of hydrogen-bond acceptors (Lipinski definition) is 6. The molecule has 0 aromatic heterocycles. The minimum atomic E-state index is -1.13. The highest BCUT2D eigenvalue weighted by atomic mass is 32.1. The number of carbonyl (C=O) groups is 3. The molecule has 0 unspecified atom stereocenters. The summed E-state index contributed by atoms with van der Waals surface area (Å²) in [5.74, 6) is -1.76. The maximum Gasteiger partial charge on any atom is 0.341 e. The van der Waals surface area contributed by atoms with Gasteiger partial charge in [0.2, 0.25) is 0 Å². The largest absolute Gasteiger partial charge is 0.493 e. The number of amides is 2. The zero-order chi connectivity index (χ0) is 28.4. The van der Waals surface area contributed by atoms with E-state index < -0.39 is 24.4 Å². The summed E-state index contributed by atoms with van der Waals surface area (Å²) >= 11 is 5.74. The average Bonchev–Trinajstić information content (AvgIpc) is 2.89. The van der Waals surface area contributed by atoms with Crippen LogP contribution in [0.5, 0.6) is 11.5 Å². The Kier molecular flexibility index (Phi) is 7.83. The quantitative estimate of drug-likeness (QED) is 0.250. The van der Waals surface area contributed by atoms with Gasteiger partial charge in [-0.3, -0.25) is 19.4 Å². The molecule has 8 nitrogen and oxygen atoms in total. The van der Waals surface area contributed by atoms with Gasteiger partial charge in [-0.25, -0.2) is 4.79 Å². The van der Waals surface area contributed by atoms with Crippen molar-refractivity contribution < 1.29 is 29.0 Å². The topological polar surface area (TPSA) is 96.4 Å².